The van der Waals surface area contributed by atoms with E-state index in [1.54, 1.807) is 0 Å². The van der Waals surface area contributed by atoms with E-state index in [1.807, 2.05) is 13.0 Å². The van der Waals surface area contributed by atoms with Crippen LogP contribution in [0.5, 0.6) is 0 Å². The first-order chi connectivity index (χ1) is 7.18. The first kappa shape index (κ1) is 10.9. The Kier molecular flexibility index (Phi) is 3.29. The molecule has 1 aromatic rings. The molecule has 1 atom stereocenters. The second-order valence-electron chi connectivity index (χ2n) is 4.01. The molecule has 0 bridgehead atoms. The maximum absolute atomic E-state index is 11.4. The quantitative estimate of drug-likeness (QED) is 0.743. The van der Waals surface area contributed by atoms with Crippen LogP contribution in [0.15, 0.2) is 24.3 Å². The van der Waals surface area contributed by atoms with Crippen LogP contribution in [0.2, 0.25) is 0 Å². The SMILES string of the molecule is CC1CN(c2ccccc2I)CCC1=O. The zero-order valence-corrected chi connectivity index (χ0v) is 10.9. The molecule has 3 heteroatoms. The van der Waals surface area contributed by atoms with Crippen molar-refractivity contribution < 1.29 is 4.79 Å². The Hall–Kier alpha value is -0.580. The van der Waals surface area contributed by atoms with Gasteiger partial charge in [-0.1, -0.05) is 19.1 Å². The molecule has 2 rings (SSSR count). The van der Waals surface area contributed by atoms with Crippen LogP contribution in [0.1, 0.15) is 13.3 Å². The van der Waals surface area contributed by atoms with E-state index >= 15 is 0 Å². The monoisotopic (exact) mass is 315 g/mol. The number of rotatable bonds is 1. The summed E-state index contributed by atoms with van der Waals surface area (Å²) in [6.07, 6.45) is 0.687. The Bertz CT molecular complexity index is 378. The average molecular weight is 315 g/mol. The molecule has 0 aromatic heterocycles. The lowest BCUT2D eigenvalue weighted by Crippen LogP contribution is -2.39. The molecule has 0 saturated carbocycles. The summed E-state index contributed by atoms with van der Waals surface area (Å²) in [5.74, 6) is 0.576. The molecule has 0 radical (unpaired) electrons. The molecule has 1 heterocycles. The number of carbonyl (C=O) groups is 1. The summed E-state index contributed by atoms with van der Waals surface area (Å²) in [6.45, 7) is 3.74. The number of Topliss-reactive ketones (excluding diaryl/α,β-unsaturated/α-hetero) is 1. The van der Waals surface area contributed by atoms with Crippen LogP contribution in [0, 0.1) is 9.49 Å². The number of hydrogen-bond donors (Lipinski definition) is 0. The molecule has 1 aromatic carbocycles. The van der Waals surface area contributed by atoms with Crippen molar-refractivity contribution >= 4 is 34.1 Å². The van der Waals surface area contributed by atoms with Gasteiger partial charge in [0.1, 0.15) is 5.78 Å². The minimum absolute atomic E-state index is 0.176. The summed E-state index contributed by atoms with van der Waals surface area (Å²) in [6, 6.07) is 8.34. The second kappa shape index (κ2) is 4.51. The van der Waals surface area contributed by atoms with Crippen molar-refractivity contribution in [3.05, 3.63) is 27.8 Å². The lowest BCUT2D eigenvalue weighted by Gasteiger charge is -2.32. The Morgan fingerprint density at radius 2 is 2.13 bits per heavy atom. The van der Waals surface area contributed by atoms with E-state index < -0.39 is 0 Å². The van der Waals surface area contributed by atoms with Crippen molar-refractivity contribution in [2.24, 2.45) is 5.92 Å². The fourth-order valence-corrected chi connectivity index (χ4v) is 2.67. The summed E-state index contributed by atoms with van der Waals surface area (Å²) in [5.41, 5.74) is 1.26. The fraction of sp³-hybridized carbons (Fsp3) is 0.417. The van der Waals surface area contributed by atoms with Crippen LogP contribution in [0.3, 0.4) is 0 Å². The number of nitrogens with zero attached hydrogens (tertiary/aromatic N) is 1. The van der Waals surface area contributed by atoms with Gasteiger partial charge in [-0.2, -0.15) is 0 Å². The van der Waals surface area contributed by atoms with Gasteiger partial charge in [0, 0.05) is 29.0 Å². The maximum Gasteiger partial charge on any atom is 0.139 e. The van der Waals surface area contributed by atoms with Crippen LogP contribution < -0.4 is 4.90 Å². The molecule has 1 fully saturated rings. The number of ketones is 1. The highest BCUT2D eigenvalue weighted by Crippen LogP contribution is 2.25. The lowest BCUT2D eigenvalue weighted by molar-refractivity contribution is -0.122. The highest BCUT2D eigenvalue weighted by molar-refractivity contribution is 14.1. The Morgan fingerprint density at radius 1 is 1.40 bits per heavy atom. The first-order valence-electron chi connectivity index (χ1n) is 5.20. The van der Waals surface area contributed by atoms with Gasteiger partial charge in [0.2, 0.25) is 0 Å². The molecule has 2 nitrogen and oxygen atoms in total. The van der Waals surface area contributed by atoms with E-state index in [1.165, 1.54) is 9.26 Å². The predicted octanol–water partition coefficient (Wildman–Crippen LogP) is 2.71. The van der Waals surface area contributed by atoms with Crippen molar-refractivity contribution in [2.45, 2.75) is 13.3 Å². The third-order valence-electron chi connectivity index (χ3n) is 2.87. The zero-order valence-electron chi connectivity index (χ0n) is 8.74. The maximum atomic E-state index is 11.4. The van der Waals surface area contributed by atoms with E-state index in [2.05, 4.69) is 45.7 Å². The first-order valence-corrected chi connectivity index (χ1v) is 6.28. The minimum Gasteiger partial charge on any atom is -0.370 e. The van der Waals surface area contributed by atoms with Gasteiger partial charge in [0.25, 0.3) is 0 Å². The topological polar surface area (TPSA) is 20.3 Å². The van der Waals surface area contributed by atoms with Gasteiger partial charge < -0.3 is 4.90 Å². The normalized spacial score (nSPS) is 21.9. The number of piperidine rings is 1. The van der Waals surface area contributed by atoms with Crippen LogP contribution in [-0.4, -0.2) is 18.9 Å². The number of halogens is 1. The van der Waals surface area contributed by atoms with Gasteiger partial charge in [-0.05, 0) is 34.7 Å². The third-order valence-corrected chi connectivity index (χ3v) is 3.78. The predicted molar refractivity (Wildman–Crippen MR) is 70.2 cm³/mol. The molecule has 0 spiro atoms. The average Bonchev–Trinajstić information content (AvgIpc) is 2.23. The molecule has 15 heavy (non-hydrogen) atoms. The standard InChI is InChI=1S/C12H14INO/c1-9-8-14(7-6-12(9)15)11-5-3-2-4-10(11)13/h2-5,9H,6-8H2,1H3. The van der Waals surface area contributed by atoms with E-state index in [0.717, 1.165) is 13.1 Å². The third kappa shape index (κ3) is 2.33. The number of hydrogen-bond acceptors (Lipinski definition) is 2. The van der Waals surface area contributed by atoms with Crippen molar-refractivity contribution in [3.8, 4) is 0 Å². The molecule has 1 aliphatic rings. The van der Waals surface area contributed by atoms with E-state index in [-0.39, 0.29) is 5.92 Å². The Morgan fingerprint density at radius 3 is 2.80 bits per heavy atom. The largest absolute Gasteiger partial charge is 0.370 e. The van der Waals surface area contributed by atoms with Crippen LogP contribution in [0.25, 0.3) is 0 Å². The summed E-state index contributed by atoms with van der Waals surface area (Å²) in [4.78, 5) is 13.7. The number of carbonyl (C=O) groups excluding carboxylic acids is 1. The van der Waals surface area contributed by atoms with Crippen molar-refractivity contribution in [1.29, 1.82) is 0 Å². The van der Waals surface area contributed by atoms with Crippen molar-refractivity contribution in [3.63, 3.8) is 0 Å². The van der Waals surface area contributed by atoms with Gasteiger partial charge in [-0.3, -0.25) is 4.79 Å². The van der Waals surface area contributed by atoms with Gasteiger partial charge in [-0.25, -0.2) is 0 Å². The number of benzene rings is 1. The summed E-state index contributed by atoms with van der Waals surface area (Å²) in [7, 11) is 0. The van der Waals surface area contributed by atoms with E-state index in [4.69, 9.17) is 0 Å². The highest BCUT2D eigenvalue weighted by atomic mass is 127. The molecule has 0 aliphatic carbocycles. The lowest BCUT2D eigenvalue weighted by atomic mass is 9.98. The van der Waals surface area contributed by atoms with Crippen molar-refractivity contribution in [1.82, 2.24) is 0 Å². The Balaban J connectivity index is 2.19. The van der Waals surface area contributed by atoms with Crippen molar-refractivity contribution in [2.75, 3.05) is 18.0 Å². The van der Waals surface area contributed by atoms with E-state index in [0.29, 0.717) is 12.2 Å². The van der Waals surface area contributed by atoms with Crippen LogP contribution in [-0.2, 0) is 4.79 Å². The molecule has 80 valence electrons. The second-order valence-corrected chi connectivity index (χ2v) is 5.18. The van der Waals surface area contributed by atoms with E-state index in [9.17, 15) is 4.79 Å². The van der Waals surface area contributed by atoms with Gasteiger partial charge in [0.05, 0.1) is 5.69 Å². The molecular formula is C12H14INO. The molecular weight excluding hydrogens is 301 g/mol. The molecule has 0 N–H and O–H groups in total. The molecule has 1 aliphatic heterocycles. The Labute approximate surface area is 104 Å². The van der Waals surface area contributed by atoms with Crippen LogP contribution in [0.4, 0.5) is 5.69 Å². The molecule has 0 amide bonds. The van der Waals surface area contributed by atoms with Gasteiger partial charge in [-0.15, -0.1) is 0 Å². The summed E-state index contributed by atoms with van der Waals surface area (Å²) < 4.78 is 1.26. The van der Waals surface area contributed by atoms with Crippen LogP contribution >= 0.6 is 22.6 Å². The van der Waals surface area contributed by atoms with Gasteiger partial charge >= 0.3 is 0 Å². The molecule has 1 unspecified atom stereocenters. The number of anilines is 1. The smallest absolute Gasteiger partial charge is 0.139 e. The highest BCUT2D eigenvalue weighted by Gasteiger charge is 2.24. The molecule has 1 saturated heterocycles. The fourth-order valence-electron chi connectivity index (χ4n) is 1.94. The minimum atomic E-state index is 0.176. The van der Waals surface area contributed by atoms with Gasteiger partial charge in [0.15, 0.2) is 0 Å². The number of para-hydroxylation sites is 1. The summed E-state index contributed by atoms with van der Waals surface area (Å²) >= 11 is 2.35. The zero-order chi connectivity index (χ0) is 10.8. The summed E-state index contributed by atoms with van der Waals surface area (Å²) in [5, 5.41) is 0.